The second kappa shape index (κ2) is 8.31. The van der Waals surface area contributed by atoms with Crippen molar-refractivity contribution in [1.82, 2.24) is 24.1 Å². The number of carbonyl (C=O) groups is 2. The Bertz CT molecular complexity index is 1380. The van der Waals surface area contributed by atoms with Crippen LogP contribution in [0.4, 0.5) is 5.82 Å². The van der Waals surface area contributed by atoms with Gasteiger partial charge in [0.2, 0.25) is 0 Å². The minimum Gasteiger partial charge on any atom is -0.450 e. The molecule has 0 atom stereocenters. The minimum atomic E-state index is -0.851. The van der Waals surface area contributed by atoms with Crippen LogP contribution in [0.25, 0.3) is 11.5 Å². The summed E-state index contributed by atoms with van der Waals surface area (Å²) in [6, 6.07) is 13.2. The van der Waals surface area contributed by atoms with Gasteiger partial charge in [-0.2, -0.15) is 10.2 Å². The molecule has 0 bridgehead atoms. The number of esters is 1. The number of nitrogens with zero attached hydrogens (tertiary/aromatic N) is 6. The number of ether oxygens (including phenoxy) is 1. The molecule has 3 aromatic heterocycles. The average Bonchev–Trinajstić information content (AvgIpc) is 3.33. The van der Waals surface area contributed by atoms with Gasteiger partial charge in [0.1, 0.15) is 11.9 Å². The minimum absolute atomic E-state index is 0.198. The fourth-order valence-corrected chi connectivity index (χ4v) is 3.32. The third kappa shape index (κ3) is 3.67. The van der Waals surface area contributed by atoms with Crippen molar-refractivity contribution in [3.8, 4) is 11.8 Å². The van der Waals surface area contributed by atoms with Crippen LogP contribution in [0.15, 0.2) is 42.6 Å². The van der Waals surface area contributed by atoms with Gasteiger partial charge in [-0.3, -0.25) is 9.36 Å². The summed E-state index contributed by atoms with van der Waals surface area (Å²) < 4.78 is 8.27. The number of aromatic nitrogens is 5. The van der Waals surface area contributed by atoms with Crippen molar-refractivity contribution in [2.75, 3.05) is 11.9 Å². The highest BCUT2D eigenvalue weighted by Gasteiger charge is 2.22. The van der Waals surface area contributed by atoms with Crippen molar-refractivity contribution in [1.29, 1.82) is 5.26 Å². The standard InChI is InChI=1S/C22H19N7O3/c1-13-9-10-24-22-26-19(27-29(13)22)21(31)32-12-18(30)25-20-17(11-23)14(2)15(3)28(20)16-7-5-4-6-8-16/h4-10H,12H2,1-3H3,(H,25,30). The van der Waals surface area contributed by atoms with Gasteiger partial charge in [0.05, 0.1) is 5.56 Å². The Kier molecular flexibility index (Phi) is 5.39. The molecule has 1 N–H and O–H groups in total. The van der Waals surface area contributed by atoms with Gasteiger partial charge in [-0.1, -0.05) is 18.2 Å². The summed E-state index contributed by atoms with van der Waals surface area (Å²) in [6.45, 7) is 4.91. The van der Waals surface area contributed by atoms with E-state index in [9.17, 15) is 14.9 Å². The maximum atomic E-state index is 12.6. The summed E-state index contributed by atoms with van der Waals surface area (Å²) in [5, 5.41) is 16.4. The third-order valence-electron chi connectivity index (χ3n) is 5.04. The number of aryl methyl sites for hydroxylation is 1. The second-order valence-corrected chi connectivity index (χ2v) is 7.07. The number of carbonyl (C=O) groups excluding carboxylic acids is 2. The van der Waals surface area contributed by atoms with Gasteiger partial charge in [0.25, 0.3) is 17.5 Å². The lowest BCUT2D eigenvalue weighted by atomic mass is 10.2. The van der Waals surface area contributed by atoms with E-state index in [0.717, 1.165) is 22.6 Å². The fraction of sp³-hybridized carbons (Fsp3) is 0.182. The molecule has 4 rings (SSSR count). The molecule has 10 nitrogen and oxygen atoms in total. The molecule has 1 amide bonds. The summed E-state index contributed by atoms with van der Waals surface area (Å²) in [6.07, 6.45) is 1.56. The van der Waals surface area contributed by atoms with E-state index in [2.05, 4.69) is 26.5 Å². The molecule has 0 saturated carbocycles. The van der Waals surface area contributed by atoms with Crippen molar-refractivity contribution in [3.63, 3.8) is 0 Å². The first-order valence-corrected chi connectivity index (χ1v) is 9.73. The van der Waals surface area contributed by atoms with Crippen LogP contribution in [-0.4, -0.2) is 42.6 Å². The van der Waals surface area contributed by atoms with Crippen LogP contribution >= 0.6 is 0 Å². The molecule has 0 fully saturated rings. The monoisotopic (exact) mass is 429 g/mol. The van der Waals surface area contributed by atoms with E-state index in [4.69, 9.17) is 4.74 Å². The second-order valence-electron chi connectivity index (χ2n) is 7.07. The van der Waals surface area contributed by atoms with Crippen LogP contribution < -0.4 is 5.32 Å². The van der Waals surface area contributed by atoms with Crippen LogP contribution in [0, 0.1) is 32.1 Å². The lowest BCUT2D eigenvalue weighted by Crippen LogP contribution is -2.23. The lowest BCUT2D eigenvalue weighted by molar-refractivity contribution is -0.119. The molecule has 0 saturated heterocycles. The summed E-state index contributed by atoms with van der Waals surface area (Å²) in [5.41, 5.74) is 3.45. The SMILES string of the molecule is Cc1c(C#N)c(NC(=O)COC(=O)c2nc3nccc(C)n3n2)n(-c2ccccc2)c1C. The molecule has 32 heavy (non-hydrogen) atoms. The number of nitriles is 1. The van der Waals surface area contributed by atoms with Crippen molar-refractivity contribution in [2.24, 2.45) is 0 Å². The fourth-order valence-electron chi connectivity index (χ4n) is 3.32. The van der Waals surface area contributed by atoms with Gasteiger partial charge in [0, 0.05) is 23.3 Å². The van der Waals surface area contributed by atoms with Crippen LogP contribution in [0.1, 0.15) is 33.1 Å². The Morgan fingerprint density at radius 3 is 2.59 bits per heavy atom. The molecular weight excluding hydrogens is 410 g/mol. The molecular formula is C22H19N7O3. The van der Waals surface area contributed by atoms with Gasteiger partial charge < -0.3 is 10.1 Å². The quantitative estimate of drug-likeness (QED) is 0.483. The van der Waals surface area contributed by atoms with E-state index >= 15 is 0 Å². The van der Waals surface area contributed by atoms with E-state index in [0.29, 0.717) is 11.4 Å². The Morgan fingerprint density at radius 1 is 1.16 bits per heavy atom. The normalized spacial score (nSPS) is 10.7. The number of para-hydroxylation sites is 1. The predicted octanol–water partition coefficient (Wildman–Crippen LogP) is 2.51. The molecule has 0 aliphatic heterocycles. The number of rotatable bonds is 5. The topological polar surface area (TPSA) is 127 Å². The van der Waals surface area contributed by atoms with Crippen LogP contribution in [0.2, 0.25) is 0 Å². The lowest BCUT2D eigenvalue weighted by Gasteiger charge is -2.13. The van der Waals surface area contributed by atoms with Crippen LogP contribution in [-0.2, 0) is 9.53 Å². The molecule has 0 aliphatic rings. The average molecular weight is 429 g/mol. The third-order valence-corrected chi connectivity index (χ3v) is 5.04. The zero-order valence-corrected chi connectivity index (χ0v) is 17.7. The number of fused-ring (bicyclic) bond motifs is 1. The Balaban J connectivity index is 1.53. The van der Waals surface area contributed by atoms with E-state index in [1.807, 2.05) is 44.2 Å². The highest BCUT2D eigenvalue weighted by Crippen LogP contribution is 2.29. The number of anilines is 1. The molecule has 160 valence electrons. The van der Waals surface area contributed by atoms with Crippen molar-refractivity contribution < 1.29 is 14.3 Å². The van der Waals surface area contributed by atoms with Crippen molar-refractivity contribution >= 4 is 23.5 Å². The Hall–Kier alpha value is -4.52. The smallest absolute Gasteiger partial charge is 0.378 e. The molecule has 3 heterocycles. The number of hydrogen-bond donors (Lipinski definition) is 1. The van der Waals surface area contributed by atoms with Crippen LogP contribution in [0.5, 0.6) is 0 Å². The number of benzene rings is 1. The summed E-state index contributed by atoms with van der Waals surface area (Å²) >= 11 is 0. The van der Waals surface area contributed by atoms with Gasteiger partial charge in [-0.15, -0.1) is 5.10 Å². The number of hydrogen-bond acceptors (Lipinski definition) is 7. The summed E-state index contributed by atoms with van der Waals surface area (Å²) in [4.78, 5) is 33.0. The van der Waals surface area contributed by atoms with E-state index < -0.39 is 18.5 Å². The molecule has 10 heteroatoms. The molecule has 0 radical (unpaired) electrons. The molecule has 1 aromatic carbocycles. The number of nitrogens with one attached hydrogen (secondary N) is 1. The van der Waals surface area contributed by atoms with Gasteiger partial charge in [-0.25, -0.2) is 14.3 Å². The first-order valence-electron chi connectivity index (χ1n) is 9.73. The maximum absolute atomic E-state index is 12.6. The zero-order chi connectivity index (χ0) is 22.8. The largest absolute Gasteiger partial charge is 0.450 e. The Morgan fingerprint density at radius 2 is 1.91 bits per heavy atom. The van der Waals surface area contributed by atoms with Gasteiger partial charge in [-0.05, 0) is 44.5 Å². The Labute approximate surface area is 183 Å². The maximum Gasteiger partial charge on any atom is 0.378 e. The van der Waals surface area contributed by atoms with Gasteiger partial charge in [0.15, 0.2) is 6.61 Å². The van der Waals surface area contributed by atoms with Crippen molar-refractivity contribution in [3.05, 3.63) is 70.9 Å². The van der Waals surface area contributed by atoms with E-state index in [1.54, 1.807) is 23.8 Å². The van der Waals surface area contributed by atoms with Crippen molar-refractivity contribution in [2.45, 2.75) is 20.8 Å². The predicted molar refractivity (Wildman–Crippen MR) is 114 cm³/mol. The first kappa shape index (κ1) is 20.7. The molecule has 0 unspecified atom stereocenters. The van der Waals surface area contributed by atoms with Crippen LogP contribution in [0.3, 0.4) is 0 Å². The van der Waals surface area contributed by atoms with E-state index in [-0.39, 0.29) is 11.6 Å². The van der Waals surface area contributed by atoms with E-state index in [1.165, 1.54) is 4.52 Å². The molecule has 0 aliphatic carbocycles. The summed E-state index contributed by atoms with van der Waals surface area (Å²) in [7, 11) is 0. The first-order chi connectivity index (χ1) is 15.4. The number of amides is 1. The summed E-state index contributed by atoms with van der Waals surface area (Å²) in [5.74, 6) is -1.07. The highest BCUT2D eigenvalue weighted by molar-refractivity contribution is 5.95. The van der Waals surface area contributed by atoms with Gasteiger partial charge >= 0.3 is 5.97 Å². The molecule has 4 aromatic rings. The highest BCUT2D eigenvalue weighted by atomic mass is 16.5. The molecule has 0 spiro atoms. The zero-order valence-electron chi connectivity index (χ0n) is 17.7.